The van der Waals surface area contributed by atoms with E-state index in [2.05, 4.69) is 20.5 Å². The Morgan fingerprint density at radius 2 is 1.86 bits per heavy atom. The molecule has 1 aliphatic heterocycles. The summed E-state index contributed by atoms with van der Waals surface area (Å²) in [5, 5.41) is 10.7. The smallest absolute Gasteiger partial charge is 0.168 e. The van der Waals surface area contributed by atoms with Gasteiger partial charge in [0, 0.05) is 53.0 Å². The second-order valence-corrected chi connectivity index (χ2v) is 9.13. The van der Waals surface area contributed by atoms with Crippen molar-refractivity contribution in [3.8, 4) is 22.5 Å². The number of nitrogens with zero attached hydrogens (tertiary/aromatic N) is 4. The summed E-state index contributed by atoms with van der Waals surface area (Å²) in [6, 6.07) is 17.4. The van der Waals surface area contributed by atoms with Crippen LogP contribution in [0, 0.1) is 0 Å². The maximum Gasteiger partial charge on any atom is 0.168 e. The minimum absolute atomic E-state index is 0.0587. The number of hydrogen-bond acceptors (Lipinski definition) is 7. The molecule has 1 aliphatic rings. The molecule has 2 aromatic carbocycles. The lowest BCUT2D eigenvalue weighted by Gasteiger charge is -2.12. The SMILES string of the molecule is O=C(Cc1cccc(-c2nc3c(c(Nc4ccc(-c5cn[nH]c5)cc4)n2)COC3)c1)c1cncc(Cl)c1. The topological polar surface area (TPSA) is 106 Å². The Balaban J connectivity index is 1.27. The molecule has 3 aromatic heterocycles. The first-order valence-corrected chi connectivity index (χ1v) is 12.1. The number of anilines is 2. The molecule has 4 heterocycles. The van der Waals surface area contributed by atoms with E-state index in [0.717, 1.165) is 39.2 Å². The average Bonchev–Trinajstić information content (AvgIpc) is 3.62. The van der Waals surface area contributed by atoms with Crippen LogP contribution in [-0.4, -0.2) is 30.9 Å². The number of pyridine rings is 1. The zero-order valence-electron chi connectivity index (χ0n) is 19.6. The molecule has 0 aliphatic carbocycles. The van der Waals surface area contributed by atoms with Crippen LogP contribution in [0.3, 0.4) is 0 Å². The molecule has 0 spiro atoms. The highest BCUT2D eigenvalue weighted by Gasteiger charge is 2.21. The quantitative estimate of drug-likeness (QED) is 0.268. The molecule has 5 aromatic rings. The molecule has 37 heavy (non-hydrogen) atoms. The Labute approximate surface area is 217 Å². The summed E-state index contributed by atoms with van der Waals surface area (Å²) in [5.41, 5.74) is 6.95. The average molecular weight is 509 g/mol. The molecule has 0 saturated heterocycles. The number of hydrogen-bond donors (Lipinski definition) is 2. The van der Waals surface area contributed by atoms with Gasteiger partial charge in [-0.15, -0.1) is 0 Å². The maximum absolute atomic E-state index is 12.8. The number of H-pyrrole nitrogens is 1. The van der Waals surface area contributed by atoms with Crippen LogP contribution in [0.15, 0.2) is 79.4 Å². The second kappa shape index (κ2) is 9.93. The summed E-state index contributed by atoms with van der Waals surface area (Å²) in [4.78, 5) is 26.4. The van der Waals surface area contributed by atoms with Crippen molar-refractivity contribution in [3.63, 3.8) is 0 Å². The lowest BCUT2D eigenvalue weighted by molar-refractivity contribution is 0.0992. The van der Waals surface area contributed by atoms with Gasteiger partial charge in [-0.1, -0.05) is 41.9 Å². The summed E-state index contributed by atoms with van der Waals surface area (Å²) in [5.74, 6) is 1.22. The van der Waals surface area contributed by atoms with E-state index in [1.807, 2.05) is 54.7 Å². The van der Waals surface area contributed by atoms with E-state index in [1.165, 1.54) is 12.4 Å². The molecule has 0 atom stereocenters. The fraction of sp³-hybridized carbons (Fsp3) is 0.107. The van der Waals surface area contributed by atoms with E-state index >= 15 is 0 Å². The van der Waals surface area contributed by atoms with Crippen LogP contribution < -0.4 is 5.32 Å². The van der Waals surface area contributed by atoms with E-state index in [1.54, 1.807) is 12.3 Å². The predicted octanol–water partition coefficient (Wildman–Crippen LogP) is 5.78. The molecule has 0 saturated carbocycles. The Bertz CT molecular complexity index is 1590. The largest absolute Gasteiger partial charge is 0.370 e. The number of halogens is 1. The molecule has 0 unspecified atom stereocenters. The van der Waals surface area contributed by atoms with E-state index < -0.39 is 0 Å². The number of benzene rings is 2. The zero-order chi connectivity index (χ0) is 25.2. The van der Waals surface area contributed by atoms with Crippen molar-refractivity contribution >= 4 is 28.9 Å². The number of aromatic amines is 1. The normalized spacial score (nSPS) is 12.4. The highest BCUT2D eigenvalue weighted by atomic mass is 35.5. The third-order valence-electron chi connectivity index (χ3n) is 6.13. The molecular weight excluding hydrogens is 488 g/mol. The Morgan fingerprint density at radius 3 is 2.68 bits per heavy atom. The van der Waals surface area contributed by atoms with E-state index in [4.69, 9.17) is 26.3 Å². The maximum atomic E-state index is 12.8. The summed E-state index contributed by atoms with van der Waals surface area (Å²) in [6.45, 7) is 0.881. The monoisotopic (exact) mass is 508 g/mol. The van der Waals surface area contributed by atoms with Crippen LogP contribution in [0.5, 0.6) is 0 Å². The van der Waals surface area contributed by atoms with Gasteiger partial charge in [-0.25, -0.2) is 9.97 Å². The van der Waals surface area contributed by atoms with Gasteiger partial charge in [-0.3, -0.25) is 14.9 Å². The number of ketones is 1. The standard InChI is InChI=1S/C28H21ClN6O2/c29-22-10-20(11-30-14-22)26(36)9-17-2-1-3-19(8-17)27-34-25-16-37-15-24(25)28(35-27)33-23-6-4-18(5-7-23)21-12-31-32-13-21/h1-8,10-14H,9,15-16H2,(H,31,32)(H,33,34,35). The Kier molecular flexibility index (Phi) is 6.18. The van der Waals surface area contributed by atoms with Crippen molar-refractivity contribution in [3.05, 3.63) is 107 Å². The van der Waals surface area contributed by atoms with Gasteiger partial charge in [-0.05, 0) is 35.4 Å². The Morgan fingerprint density at radius 1 is 0.973 bits per heavy atom. The number of ether oxygens (including phenoxy) is 1. The number of rotatable bonds is 7. The third kappa shape index (κ3) is 4.97. The summed E-state index contributed by atoms with van der Waals surface area (Å²) in [6.07, 6.45) is 6.90. The molecule has 2 N–H and O–H groups in total. The van der Waals surface area contributed by atoms with Crippen molar-refractivity contribution in [1.82, 2.24) is 25.1 Å². The van der Waals surface area contributed by atoms with Crippen molar-refractivity contribution in [2.45, 2.75) is 19.6 Å². The number of fused-ring (bicyclic) bond motifs is 1. The lowest BCUT2D eigenvalue weighted by Crippen LogP contribution is -2.05. The number of carbonyl (C=O) groups excluding carboxylic acids is 1. The van der Waals surface area contributed by atoms with Crippen LogP contribution in [0.1, 0.15) is 27.2 Å². The van der Waals surface area contributed by atoms with Crippen molar-refractivity contribution in [1.29, 1.82) is 0 Å². The second-order valence-electron chi connectivity index (χ2n) is 8.70. The highest BCUT2D eigenvalue weighted by Crippen LogP contribution is 2.31. The fourth-order valence-electron chi connectivity index (χ4n) is 4.25. The molecule has 0 radical (unpaired) electrons. The molecular formula is C28H21ClN6O2. The van der Waals surface area contributed by atoms with E-state index in [0.29, 0.717) is 35.4 Å². The van der Waals surface area contributed by atoms with Crippen LogP contribution in [0.4, 0.5) is 11.5 Å². The van der Waals surface area contributed by atoms with Gasteiger partial charge >= 0.3 is 0 Å². The molecule has 8 nitrogen and oxygen atoms in total. The van der Waals surface area contributed by atoms with Gasteiger partial charge in [0.25, 0.3) is 0 Å². The van der Waals surface area contributed by atoms with E-state index in [-0.39, 0.29) is 12.2 Å². The number of Topliss-reactive ketones (excluding diaryl/α,β-unsaturated/α-hetero) is 1. The van der Waals surface area contributed by atoms with E-state index in [9.17, 15) is 4.79 Å². The molecule has 0 bridgehead atoms. The van der Waals surface area contributed by atoms with Gasteiger partial charge < -0.3 is 10.1 Å². The van der Waals surface area contributed by atoms with Crippen LogP contribution in [0.2, 0.25) is 5.02 Å². The number of nitrogens with one attached hydrogen (secondary N) is 2. The summed E-state index contributed by atoms with van der Waals surface area (Å²) >= 11 is 6.00. The first kappa shape index (κ1) is 23.0. The minimum Gasteiger partial charge on any atom is -0.370 e. The first-order chi connectivity index (χ1) is 18.1. The molecule has 6 rings (SSSR count). The van der Waals surface area contributed by atoms with Crippen LogP contribution >= 0.6 is 11.6 Å². The predicted molar refractivity (Wildman–Crippen MR) is 141 cm³/mol. The molecule has 0 amide bonds. The summed E-state index contributed by atoms with van der Waals surface area (Å²) in [7, 11) is 0. The van der Waals surface area contributed by atoms with Crippen LogP contribution in [-0.2, 0) is 24.4 Å². The number of aromatic nitrogens is 5. The molecule has 9 heteroatoms. The Hall–Kier alpha value is -4.40. The van der Waals surface area contributed by atoms with Crippen molar-refractivity contribution < 1.29 is 9.53 Å². The van der Waals surface area contributed by atoms with Gasteiger partial charge in [0.15, 0.2) is 11.6 Å². The number of carbonyl (C=O) groups is 1. The minimum atomic E-state index is -0.0587. The zero-order valence-corrected chi connectivity index (χ0v) is 20.4. The fourth-order valence-corrected chi connectivity index (χ4v) is 4.42. The van der Waals surface area contributed by atoms with Crippen molar-refractivity contribution in [2.24, 2.45) is 0 Å². The van der Waals surface area contributed by atoms with Crippen LogP contribution in [0.25, 0.3) is 22.5 Å². The molecule has 182 valence electrons. The van der Waals surface area contributed by atoms with Gasteiger partial charge in [0.2, 0.25) is 0 Å². The first-order valence-electron chi connectivity index (χ1n) is 11.7. The molecule has 0 fully saturated rings. The van der Waals surface area contributed by atoms with Gasteiger partial charge in [0.1, 0.15) is 5.82 Å². The van der Waals surface area contributed by atoms with Crippen molar-refractivity contribution in [2.75, 3.05) is 5.32 Å². The summed E-state index contributed by atoms with van der Waals surface area (Å²) < 4.78 is 5.67. The van der Waals surface area contributed by atoms with Gasteiger partial charge in [0.05, 0.1) is 30.1 Å². The highest BCUT2D eigenvalue weighted by molar-refractivity contribution is 6.30. The lowest BCUT2D eigenvalue weighted by atomic mass is 10.0. The third-order valence-corrected chi connectivity index (χ3v) is 6.34. The van der Waals surface area contributed by atoms with Gasteiger partial charge in [-0.2, -0.15) is 5.10 Å².